The van der Waals surface area contributed by atoms with Gasteiger partial charge in [0.05, 0.1) is 11.1 Å². The number of rotatable bonds is 3. The van der Waals surface area contributed by atoms with Crippen molar-refractivity contribution in [2.45, 2.75) is 25.5 Å². The smallest absolute Gasteiger partial charge is 0.144 e. The molecule has 2 aromatic rings. The molecule has 0 aliphatic heterocycles. The number of benzene rings is 1. The summed E-state index contributed by atoms with van der Waals surface area (Å²) in [4.78, 5) is 5.22. The summed E-state index contributed by atoms with van der Waals surface area (Å²) in [7, 11) is 0. The number of aromatic nitrogens is 1. The summed E-state index contributed by atoms with van der Waals surface area (Å²) in [6, 6.07) is 7.52. The SMILES string of the molecule is CC(C)(C)[S+]([O-])N=Cc1cnc(-c2ccc(Cl)cc2)s1. The minimum absolute atomic E-state index is 0.347. The molecule has 0 spiro atoms. The first-order valence-electron chi connectivity index (χ1n) is 6.04. The van der Waals surface area contributed by atoms with Gasteiger partial charge in [-0.1, -0.05) is 28.1 Å². The van der Waals surface area contributed by atoms with E-state index in [4.69, 9.17) is 11.6 Å². The van der Waals surface area contributed by atoms with Gasteiger partial charge in [0.25, 0.3) is 0 Å². The van der Waals surface area contributed by atoms with Gasteiger partial charge in [0.15, 0.2) is 0 Å². The molecular formula is C14H15ClN2OS2. The summed E-state index contributed by atoms with van der Waals surface area (Å²) < 4.78 is 15.6. The van der Waals surface area contributed by atoms with Gasteiger partial charge in [0.2, 0.25) is 0 Å². The molecule has 0 aliphatic carbocycles. The molecule has 3 nitrogen and oxygen atoms in total. The van der Waals surface area contributed by atoms with Crippen LogP contribution in [0, 0.1) is 0 Å². The Balaban J connectivity index is 2.13. The molecule has 0 bridgehead atoms. The maximum Gasteiger partial charge on any atom is 0.144 e. The Morgan fingerprint density at radius 2 is 1.95 bits per heavy atom. The Labute approximate surface area is 131 Å². The summed E-state index contributed by atoms with van der Waals surface area (Å²) in [5.74, 6) is 0. The number of thiazole rings is 1. The minimum Gasteiger partial charge on any atom is -0.591 e. The molecular weight excluding hydrogens is 312 g/mol. The first-order chi connectivity index (χ1) is 9.36. The summed E-state index contributed by atoms with van der Waals surface area (Å²) in [6.45, 7) is 5.69. The molecule has 2 rings (SSSR count). The van der Waals surface area contributed by atoms with Gasteiger partial charge >= 0.3 is 0 Å². The monoisotopic (exact) mass is 326 g/mol. The topological polar surface area (TPSA) is 48.3 Å². The van der Waals surface area contributed by atoms with Crippen molar-refractivity contribution in [3.05, 3.63) is 40.4 Å². The fourth-order valence-corrected chi connectivity index (χ4v) is 2.84. The predicted molar refractivity (Wildman–Crippen MR) is 88.0 cm³/mol. The standard InChI is InChI=1S/C14H15ClN2OS2/c1-14(2,3)20(18)17-9-12-8-16-13(19-12)10-4-6-11(15)7-5-10/h4-9H,1-3H3. The average molecular weight is 327 g/mol. The maximum absolute atomic E-state index is 11.8. The van der Waals surface area contributed by atoms with Gasteiger partial charge in [0, 0.05) is 16.8 Å². The van der Waals surface area contributed by atoms with E-state index in [1.807, 2.05) is 45.0 Å². The fraction of sp³-hybridized carbons (Fsp3) is 0.286. The molecule has 0 aliphatic rings. The lowest BCUT2D eigenvalue weighted by atomic mass is 10.2. The van der Waals surface area contributed by atoms with Crippen LogP contribution in [0.15, 0.2) is 34.9 Å². The van der Waals surface area contributed by atoms with Crippen molar-refractivity contribution in [1.29, 1.82) is 0 Å². The molecule has 0 saturated carbocycles. The Morgan fingerprint density at radius 3 is 2.55 bits per heavy atom. The lowest BCUT2D eigenvalue weighted by Gasteiger charge is -2.17. The zero-order chi connectivity index (χ0) is 14.8. The van der Waals surface area contributed by atoms with Crippen LogP contribution in [-0.4, -0.2) is 20.5 Å². The molecule has 106 valence electrons. The van der Waals surface area contributed by atoms with Crippen LogP contribution in [0.4, 0.5) is 0 Å². The Hall–Kier alpha value is -0.880. The largest absolute Gasteiger partial charge is 0.591 e. The van der Waals surface area contributed by atoms with Crippen molar-refractivity contribution in [3.8, 4) is 10.6 Å². The first-order valence-corrected chi connectivity index (χ1v) is 8.34. The molecule has 1 atom stereocenters. The lowest BCUT2D eigenvalue weighted by Crippen LogP contribution is -2.25. The Kier molecular flexibility index (Phi) is 4.86. The zero-order valence-corrected chi connectivity index (χ0v) is 13.9. The van der Waals surface area contributed by atoms with Crippen molar-refractivity contribution in [1.82, 2.24) is 4.98 Å². The van der Waals surface area contributed by atoms with Crippen molar-refractivity contribution in [2.75, 3.05) is 0 Å². The molecule has 6 heteroatoms. The number of hydrogen-bond acceptors (Lipinski definition) is 4. The van der Waals surface area contributed by atoms with Crippen LogP contribution in [0.3, 0.4) is 0 Å². The van der Waals surface area contributed by atoms with Crippen LogP contribution < -0.4 is 0 Å². The van der Waals surface area contributed by atoms with E-state index >= 15 is 0 Å². The van der Waals surface area contributed by atoms with E-state index in [2.05, 4.69) is 9.38 Å². The van der Waals surface area contributed by atoms with E-state index in [1.54, 1.807) is 12.4 Å². The van der Waals surface area contributed by atoms with Gasteiger partial charge < -0.3 is 4.55 Å². The molecule has 0 N–H and O–H groups in total. The maximum atomic E-state index is 11.8. The van der Waals surface area contributed by atoms with Crippen molar-refractivity contribution in [2.24, 2.45) is 4.40 Å². The third kappa shape index (κ3) is 4.06. The van der Waals surface area contributed by atoms with Gasteiger partial charge in [-0.25, -0.2) is 4.98 Å². The molecule has 20 heavy (non-hydrogen) atoms. The second-order valence-electron chi connectivity index (χ2n) is 5.17. The van der Waals surface area contributed by atoms with E-state index in [9.17, 15) is 4.55 Å². The van der Waals surface area contributed by atoms with Gasteiger partial charge in [-0.05, 0) is 32.9 Å². The van der Waals surface area contributed by atoms with Crippen LogP contribution in [-0.2, 0) is 11.4 Å². The second-order valence-corrected chi connectivity index (χ2v) is 8.60. The van der Waals surface area contributed by atoms with Crippen LogP contribution >= 0.6 is 22.9 Å². The van der Waals surface area contributed by atoms with Gasteiger partial charge in [-0.2, -0.15) is 0 Å². The normalized spacial score (nSPS) is 13.8. The highest BCUT2D eigenvalue weighted by Gasteiger charge is 2.25. The summed E-state index contributed by atoms with van der Waals surface area (Å²) in [6.07, 6.45) is 3.36. The number of halogens is 1. The highest BCUT2D eigenvalue weighted by atomic mass is 35.5. The molecule has 0 saturated heterocycles. The summed E-state index contributed by atoms with van der Waals surface area (Å²) >= 11 is 6.12. The zero-order valence-electron chi connectivity index (χ0n) is 11.5. The summed E-state index contributed by atoms with van der Waals surface area (Å²) in [5, 5.41) is 1.59. The fourth-order valence-electron chi connectivity index (χ4n) is 1.33. The van der Waals surface area contributed by atoms with Crippen LogP contribution in [0.25, 0.3) is 10.6 Å². The number of hydrogen-bond donors (Lipinski definition) is 0. The van der Waals surface area contributed by atoms with E-state index in [0.29, 0.717) is 5.02 Å². The van der Waals surface area contributed by atoms with Gasteiger partial charge in [-0.15, -0.1) is 11.3 Å². The lowest BCUT2D eigenvalue weighted by molar-refractivity contribution is 0.562. The predicted octanol–water partition coefficient (Wildman–Crippen LogP) is 4.34. The van der Waals surface area contributed by atoms with Gasteiger partial charge in [0.1, 0.15) is 21.1 Å². The molecule has 0 radical (unpaired) electrons. The minimum atomic E-state index is -1.25. The van der Waals surface area contributed by atoms with Crippen molar-refractivity contribution in [3.63, 3.8) is 0 Å². The molecule has 0 fully saturated rings. The van der Waals surface area contributed by atoms with Crippen LogP contribution in [0.5, 0.6) is 0 Å². The third-order valence-corrected chi connectivity index (χ3v) is 4.99. The Morgan fingerprint density at radius 1 is 1.30 bits per heavy atom. The highest BCUT2D eigenvalue weighted by Crippen LogP contribution is 2.26. The van der Waals surface area contributed by atoms with E-state index in [1.165, 1.54) is 11.3 Å². The summed E-state index contributed by atoms with van der Waals surface area (Å²) in [5.41, 5.74) is 1.01. The number of nitrogens with zero attached hydrogens (tertiary/aromatic N) is 2. The van der Waals surface area contributed by atoms with E-state index < -0.39 is 11.4 Å². The molecule has 1 heterocycles. The van der Waals surface area contributed by atoms with Gasteiger partial charge in [-0.3, -0.25) is 0 Å². The third-order valence-electron chi connectivity index (χ3n) is 2.41. The van der Waals surface area contributed by atoms with Crippen molar-refractivity contribution >= 4 is 40.5 Å². The van der Waals surface area contributed by atoms with Crippen LogP contribution in [0.1, 0.15) is 25.6 Å². The highest BCUT2D eigenvalue weighted by molar-refractivity contribution is 7.91. The molecule has 1 unspecified atom stereocenters. The average Bonchev–Trinajstić information content (AvgIpc) is 2.84. The second kappa shape index (κ2) is 6.26. The molecule has 1 aromatic heterocycles. The van der Waals surface area contributed by atoms with E-state index in [0.717, 1.165) is 15.4 Å². The quantitative estimate of drug-likeness (QED) is 0.622. The van der Waals surface area contributed by atoms with Crippen molar-refractivity contribution < 1.29 is 4.55 Å². The Bertz CT molecular complexity index is 602. The molecule has 1 aromatic carbocycles. The van der Waals surface area contributed by atoms with E-state index in [-0.39, 0.29) is 4.75 Å². The van der Waals surface area contributed by atoms with Crippen LogP contribution in [0.2, 0.25) is 5.02 Å². The first kappa shape index (κ1) is 15.5. The molecule has 0 amide bonds.